The maximum Gasteiger partial charge on any atom is 0.178 e. The van der Waals surface area contributed by atoms with Gasteiger partial charge in [-0.3, -0.25) is 14.9 Å². The van der Waals surface area contributed by atoms with Gasteiger partial charge in [0.1, 0.15) is 5.69 Å². The second-order valence-electron chi connectivity index (χ2n) is 6.78. The second-order valence-corrected chi connectivity index (χ2v) is 6.78. The van der Waals surface area contributed by atoms with E-state index in [-0.39, 0.29) is 0 Å². The molecule has 0 spiro atoms. The van der Waals surface area contributed by atoms with Crippen LogP contribution in [0, 0.1) is 0 Å². The highest BCUT2D eigenvalue weighted by Crippen LogP contribution is 2.18. The Balaban J connectivity index is 1.24. The number of ether oxygens (including phenoxy) is 1. The van der Waals surface area contributed by atoms with E-state index in [9.17, 15) is 0 Å². The van der Waals surface area contributed by atoms with E-state index in [0.717, 1.165) is 49.3 Å². The van der Waals surface area contributed by atoms with Crippen molar-refractivity contribution in [1.29, 1.82) is 0 Å². The molecule has 4 heterocycles. The van der Waals surface area contributed by atoms with E-state index in [0.29, 0.717) is 18.5 Å². The fourth-order valence-corrected chi connectivity index (χ4v) is 3.25. The van der Waals surface area contributed by atoms with Gasteiger partial charge in [-0.2, -0.15) is 0 Å². The van der Waals surface area contributed by atoms with Crippen LogP contribution in [0.3, 0.4) is 0 Å². The van der Waals surface area contributed by atoms with Crippen molar-refractivity contribution in [1.82, 2.24) is 24.8 Å². The quantitative estimate of drug-likeness (QED) is 0.672. The minimum absolute atomic E-state index is 0.323. The van der Waals surface area contributed by atoms with E-state index < -0.39 is 0 Å². The molecule has 0 radical (unpaired) electrons. The molecule has 0 aromatic carbocycles. The maximum absolute atomic E-state index is 6.03. The first-order valence-electron chi connectivity index (χ1n) is 9.32. The van der Waals surface area contributed by atoms with Crippen LogP contribution in [-0.4, -0.2) is 44.0 Å². The Hall–Kier alpha value is -2.70. The van der Waals surface area contributed by atoms with Crippen LogP contribution in [0.15, 0.2) is 61.3 Å². The molecule has 1 fully saturated rings. The van der Waals surface area contributed by atoms with Gasteiger partial charge in [0.15, 0.2) is 5.82 Å². The topological polar surface area (TPSA) is 64.0 Å². The smallest absolute Gasteiger partial charge is 0.178 e. The lowest BCUT2D eigenvalue weighted by Gasteiger charge is -2.31. The number of hydrogen-bond donors (Lipinski definition) is 0. The van der Waals surface area contributed by atoms with Gasteiger partial charge in [0.25, 0.3) is 0 Å². The van der Waals surface area contributed by atoms with Crippen molar-refractivity contribution in [2.45, 2.75) is 32.1 Å². The standard InChI is InChI=1S/C21H23N5O/c1-2-9-23-20(5-1)21-24-13-18(14-25-21)15-26-10-6-19(7-11-26)27-16-17-4-3-8-22-12-17/h1-5,8-9,12-14,19H,6-7,10-11,15-16H2. The zero-order valence-corrected chi connectivity index (χ0v) is 15.2. The lowest BCUT2D eigenvalue weighted by Crippen LogP contribution is -2.36. The predicted molar refractivity (Wildman–Crippen MR) is 103 cm³/mol. The van der Waals surface area contributed by atoms with Crippen LogP contribution in [-0.2, 0) is 17.9 Å². The summed E-state index contributed by atoms with van der Waals surface area (Å²) in [6.07, 6.45) is 11.6. The Labute approximate surface area is 159 Å². The van der Waals surface area contributed by atoms with Crippen molar-refractivity contribution in [3.05, 3.63) is 72.4 Å². The maximum atomic E-state index is 6.03. The molecule has 1 saturated heterocycles. The average Bonchev–Trinajstić information content (AvgIpc) is 2.75. The predicted octanol–water partition coefficient (Wildman–Crippen LogP) is 3.11. The lowest BCUT2D eigenvalue weighted by atomic mass is 10.1. The molecule has 0 aliphatic carbocycles. The van der Waals surface area contributed by atoms with Gasteiger partial charge in [-0.1, -0.05) is 12.1 Å². The Morgan fingerprint density at radius 1 is 0.889 bits per heavy atom. The normalized spacial score (nSPS) is 15.7. The van der Waals surface area contributed by atoms with Gasteiger partial charge < -0.3 is 4.74 Å². The van der Waals surface area contributed by atoms with Gasteiger partial charge in [-0.25, -0.2) is 9.97 Å². The molecule has 6 heteroatoms. The fourth-order valence-electron chi connectivity index (χ4n) is 3.25. The van der Waals surface area contributed by atoms with Gasteiger partial charge in [0.05, 0.1) is 12.7 Å². The zero-order valence-electron chi connectivity index (χ0n) is 15.2. The molecular weight excluding hydrogens is 338 g/mol. The summed E-state index contributed by atoms with van der Waals surface area (Å²) >= 11 is 0. The lowest BCUT2D eigenvalue weighted by molar-refractivity contribution is -0.00406. The molecule has 0 atom stereocenters. The molecule has 6 nitrogen and oxygen atoms in total. The minimum Gasteiger partial charge on any atom is -0.373 e. The Kier molecular flexibility index (Phi) is 5.76. The van der Waals surface area contributed by atoms with Gasteiger partial charge >= 0.3 is 0 Å². The SMILES string of the molecule is c1ccc(-c2ncc(CN3CCC(OCc4cccnc4)CC3)cn2)nc1. The first kappa shape index (κ1) is 17.7. The van der Waals surface area contributed by atoms with Crippen LogP contribution in [0.25, 0.3) is 11.5 Å². The molecule has 3 aromatic heterocycles. The van der Waals surface area contributed by atoms with Crippen LogP contribution < -0.4 is 0 Å². The van der Waals surface area contributed by atoms with E-state index >= 15 is 0 Å². The third-order valence-corrected chi connectivity index (χ3v) is 4.75. The van der Waals surface area contributed by atoms with Crippen LogP contribution >= 0.6 is 0 Å². The fraction of sp³-hybridized carbons (Fsp3) is 0.333. The van der Waals surface area contributed by atoms with Gasteiger partial charge in [-0.15, -0.1) is 0 Å². The van der Waals surface area contributed by atoms with Crippen molar-refractivity contribution >= 4 is 0 Å². The molecule has 0 saturated carbocycles. The number of aromatic nitrogens is 4. The summed E-state index contributed by atoms with van der Waals surface area (Å²) in [5.74, 6) is 0.668. The Bertz CT molecular complexity index is 818. The molecule has 0 N–H and O–H groups in total. The molecule has 27 heavy (non-hydrogen) atoms. The van der Waals surface area contributed by atoms with Gasteiger partial charge in [0, 0.05) is 56.2 Å². The third-order valence-electron chi connectivity index (χ3n) is 4.75. The Morgan fingerprint density at radius 2 is 1.74 bits per heavy atom. The van der Waals surface area contributed by atoms with E-state index in [1.165, 1.54) is 0 Å². The molecule has 4 rings (SSSR count). The highest BCUT2D eigenvalue weighted by Gasteiger charge is 2.20. The molecule has 0 unspecified atom stereocenters. The summed E-state index contributed by atoms with van der Waals surface area (Å²) in [5.41, 5.74) is 3.06. The molecular formula is C21H23N5O. The summed E-state index contributed by atoms with van der Waals surface area (Å²) in [6.45, 7) is 3.57. The number of hydrogen-bond acceptors (Lipinski definition) is 6. The van der Waals surface area contributed by atoms with Gasteiger partial charge in [-0.05, 0) is 36.6 Å². The van der Waals surface area contributed by atoms with Crippen LogP contribution in [0.5, 0.6) is 0 Å². The average molecular weight is 361 g/mol. The minimum atomic E-state index is 0.323. The second kappa shape index (κ2) is 8.79. The number of rotatable bonds is 6. The molecule has 1 aliphatic rings. The molecule has 0 amide bonds. The summed E-state index contributed by atoms with van der Waals surface area (Å²) < 4.78 is 6.03. The molecule has 1 aliphatic heterocycles. The molecule has 138 valence electrons. The largest absolute Gasteiger partial charge is 0.373 e. The van der Waals surface area contributed by atoms with E-state index in [4.69, 9.17) is 4.74 Å². The monoisotopic (exact) mass is 361 g/mol. The number of piperidine rings is 1. The molecule has 0 bridgehead atoms. The van der Waals surface area contributed by atoms with Crippen LogP contribution in [0.1, 0.15) is 24.0 Å². The number of pyridine rings is 2. The highest BCUT2D eigenvalue weighted by molar-refractivity contribution is 5.47. The van der Waals surface area contributed by atoms with E-state index in [1.807, 2.05) is 42.9 Å². The molecule has 3 aromatic rings. The summed E-state index contributed by atoms with van der Waals surface area (Å²) in [7, 11) is 0. The van der Waals surface area contributed by atoms with Crippen molar-refractivity contribution in [2.24, 2.45) is 0 Å². The van der Waals surface area contributed by atoms with Crippen molar-refractivity contribution in [3.8, 4) is 11.5 Å². The summed E-state index contributed by atoms with van der Waals surface area (Å²) in [4.78, 5) is 19.8. The van der Waals surface area contributed by atoms with E-state index in [1.54, 1.807) is 12.4 Å². The number of likely N-dealkylation sites (tertiary alicyclic amines) is 1. The Morgan fingerprint density at radius 3 is 2.44 bits per heavy atom. The van der Waals surface area contributed by atoms with Crippen molar-refractivity contribution in [3.63, 3.8) is 0 Å². The third kappa shape index (κ3) is 4.93. The van der Waals surface area contributed by atoms with Crippen molar-refractivity contribution < 1.29 is 4.74 Å². The van der Waals surface area contributed by atoms with Crippen molar-refractivity contribution in [2.75, 3.05) is 13.1 Å². The zero-order chi connectivity index (χ0) is 18.3. The van der Waals surface area contributed by atoms with Crippen LogP contribution in [0.2, 0.25) is 0 Å². The first-order chi connectivity index (χ1) is 13.4. The van der Waals surface area contributed by atoms with Gasteiger partial charge in [0.2, 0.25) is 0 Å². The number of nitrogens with zero attached hydrogens (tertiary/aromatic N) is 5. The summed E-state index contributed by atoms with van der Waals surface area (Å²) in [6, 6.07) is 9.76. The van der Waals surface area contributed by atoms with E-state index in [2.05, 4.69) is 30.9 Å². The summed E-state index contributed by atoms with van der Waals surface area (Å²) in [5, 5.41) is 0. The first-order valence-corrected chi connectivity index (χ1v) is 9.32. The highest BCUT2D eigenvalue weighted by atomic mass is 16.5. The van der Waals surface area contributed by atoms with Crippen LogP contribution in [0.4, 0.5) is 0 Å².